The molecule has 90 valence electrons. The van der Waals surface area contributed by atoms with Crippen molar-refractivity contribution in [2.75, 3.05) is 0 Å². The Morgan fingerprint density at radius 1 is 1.38 bits per heavy atom. The van der Waals surface area contributed by atoms with E-state index in [1.54, 1.807) is 13.0 Å². The zero-order valence-electron chi connectivity index (χ0n) is 10.0. The summed E-state index contributed by atoms with van der Waals surface area (Å²) >= 11 is 6.08. The molecule has 0 radical (unpaired) electrons. The third-order valence-corrected chi connectivity index (χ3v) is 2.76. The zero-order valence-corrected chi connectivity index (χ0v) is 10.8. The summed E-state index contributed by atoms with van der Waals surface area (Å²) < 4.78 is 5.71. The van der Waals surface area contributed by atoms with E-state index in [-0.39, 0.29) is 6.10 Å². The fourth-order valence-electron chi connectivity index (χ4n) is 1.55. The van der Waals surface area contributed by atoms with Gasteiger partial charge in [-0.1, -0.05) is 31.0 Å². The lowest BCUT2D eigenvalue weighted by atomic mass is 10.1. The summed E-state index contributed by atoms with van der Waals surface area (Å²) in [7, 11) is 0. The highest BCUT2D eigenvalue weighted by molar-refractivity contribution is 6.32. The van der Waals surface area contributed by atoms with E-state index in [0.717, 1.165) is 18.4 Å². The molecular formula is C13H19ClO2. The second kappa shape index (κ2) is 6.12. The Labute approximate surface area is 102 Å². The molecule has 0 saturated carbocycles. The Morgan fingerprint density at radius 3 is 2.56 bits per heavy atom. The molecule has 0 spiro atoms. The molecule has 1 aromatic rings. The molecule has 16 heavy (non-hydrogen) atoms. The number of benzene rings is 1. The summed E-state index contributed by atoms with van der Waals surface area (Å²) in [4.78, 5) is 0. The van der Waals surface area contributed by atoms with Gasteiger partial charge in [-0.3, -0.25) is 0 Å². The van der Waals surface area contributed by atoms with Crippen LogP contribution >= 0.6 is 11.6 Å². The average Bonchev–Trinajstić information content (AvgIpc) is 2.21. The van der Waals surface area contributed by atoms with E-state index < -0.39 is 6.10 Å². The Hall–Kier alpha value is -0.730. The molecular weight excluding hydrogens is 224 g/mol. The molecule has 0 aliphatic heterocycles. The minimum Gasteiger partial charge on any atom is -0.489 e. The molecule has 3 heteroatoms. The molecule has 0 bridgehead atoms. The van der Waals surface area contributed by atoms with Gasteiger partial charge in [0.25, 0.3) is 0 Å². The first-order chi connectivity index (χ1) is 7.54. The Kier molecular flexibility index (Phi) is 5.10. The van der Waals surface area contributed by atoms with Crippen LogP contribution in [-0.4, -0.2) is 11.2 Å². The molecule has 1 N–H and O–H groups in total. The van der Waals surface area contributed by atoms with Crippen molar-refractivity contribution in [3.63, 3.8) is 0 Å². The van der Waals surface area contributed by atoms with E-state index >= 15 is 0 Å². The summed E-state index contributed by atoms with van der Waals surface area (Å²) in [5.74, 6) is 0.687. The first kappa shape index (κ1) is 13.3. The number of halogens is 1. The summed E-state index contributed by atoms with van der Waals surface area (Å²) in [6.45, 7) is 5.87. The average molecular weight is 243 g/mol. The van der Waals surface area contributed by atoms with Crippen molar-refractivity contribution in [3.8, 4) is 5.75 Å². The highest BCUT2D eigenvalue weighted by Crippen LogP contribution is 2.29. The van der Waals surface area contributed by atoms with Gasteiger partial charge in [0.2, 0.25) is 0 Å². The van der Waals surface area contributed by atoms with Gasteiger partial charge >= 0.3 is 0 Å². The zero-order chi connectivity index (χ0) is 12.1. The van der Waals surface area contributed by atoms with E-state index in [4.69, 9.17) is 16.3 Å². The summed E-state index contributed by atoms with van der Waals surface area (Å²) in [6, 6.07) is 5.40. The van der Waals surface area contributed by atoms with Crippen LogP contribution in [0.2, 0.25) is 5.02 Å². The fourth-order valence-corrected chi connectivity index (χ4v) is 1.79. The van der Waals surface area contributed by atoms with Gasteiger partial charge in [-0.25, -0.2) is 0 Å². The Bertz CT molecular complexity index is 337. The number of ether oxygens (including phenoxy) is 1. The normalized spacial score (nSPS) is 14.6. The summed E-state index contributed by atoms with van der Waals surface area (Å²) in [5, 5.41) is 9.96. The van der Waals surface area contributed by atoms with Gasteiger partial charge in [-0.15, -0.1) is 0 Å². The Morgan fingerprint density at radius 2 is 2.06 bits per heavy atom. The highest BCUT2D eigenvalue weighted by Gasteiger charge is 2.09. The SMILES string of the molecule is CCCC(C)Oc1ccc([C@@H](C)O)cc1Cl. The maximum atomic E-state index is 9.41. The van der Waals surface area contributed by atoms with Crippen molar-refractivity contribution < 1.29 is 9.84 Å². The largest absolute Gasteiger partial charge is 0.489 e. The fraction of sp³-hybridized carbons (Fsp3) is 0.538. The van der Waals surface area contributed by atoms with E-state index in [1.165, 1.54) is 0 Å². The summed E-state index contributed by atoms with van der Waals surface area (Å²) in [5.41, 5.74) is 0.806. The molecule has 1 unspecified atom stereocenters. The van der Waals surface area contributed by atoms with Crippen LogP contribution in [0.15, 0.2) is 18.2 Å². The van der Waals surface area contributed by atoms with Crippen molar-refractivity contribution in [2.24, 2.45) is 0 Å². The quantitative estimate of drug-likeness (QED) is 0.847. The lowest BCUT2D eigenvalue weighted by Crippen LogP contribution is -2.11. The number of aliphatic hydroxyl groups is 1. The van der Waals surface area contributed by atoms with Crippen LogP contribution in [0, 0.1) is 0 Å². The minimum absolute atomic E-state index is 0.167. The number of aliphatic hydroxyl groups excluding tert-OH is 1. The maximum absolute atomic E-state index is 9.41. The Balaban J connectivity index is 2.75. The van der Waals surface area contributed by atoms with Crippen LogP contribution in [0.5, 0.6) is 5.75 Å². The predicted octanol–water partition coefficient (Wildman–Crippen LogP) is 3.96. The van der Waals surface area contributed by atoms with E-state index in [9.17, 15) is 5.11 Å². The molecule has 0 aliphatic rings. The van der Waals surface area contributed by atoms with Crippen molar-refractivity contribution in [1.82, 2.24) is 0 Å². The van der Waals surface area contributed by atoms with Crippen molar-refractivity contribution >= 4 is 11.6 Å². The molecule has 2 atom stereocenters. The molecule has 0 amide bonds. The van der Waals surface area contributed by atoms with E-state index in [1.807, 2.05) is 19.1 Å². The standard InChI is InChI=1S/C13H19ClO2/c1-4-5-9(2)16-13-7-6-11(10(3)15)8-12(13)14/h6-10,15H,4-5H2,1-3H3/t9?,10-/m1/s1. The smallest absolute Gasteiger partial charge is 0.138 e. The van der Waals surface area contributed by atoms with Crippen molar-refractivity contribution in [3.05, 3.63) is 28.8 Å². The van der Waals surface area contributed by atoms with Crippen LogP contribution in [0.1, 0.15) is 45.3 Å². The van der Waals surface area contributed by atoms with Crippen molar-refractivity contribution in [1.29, 1.82) is 0 Å². The molecule has 0 aliphatic carbocycles. The highest BCUT2D eigenvalue weighted by atomic mass is 35.5. The van der Waals surface area contributed by atoms with E-state index in [2.05, 4.69) is 6.92 Å². The van der Waals surface area contributed by atoms with Gasteiger partial charge in [0, 0.05) is 0 Å². The van der Waals surface area contributed by atoms with Gasteiger partial charge in [0.05, 0.1) is 17.2 Å². The minimum atomic E-state index is -0.500. The molecule has 0 saturated heterocycles. The van der Waals surface area contributed by atoms with Gasteiger partial charge in [-0.2, -0.15) is 0 Å². The lowest BCUT2D eigenvalue weighted by Gasteiger charge is -2.16. The van der Waals surface area contributed by atoms with Gasteiger partial charge < -0.3 is 9.84 Å². The third-order valence-electron chi connectivity index (χ3n) is 2.46. The second-order valence-electron chi connectivity index (χ2n) is 4.08. The molecule has 0 fully saturated rings. The van der Waals surface area contributed by atoms with Gasteiger partial charge in [-0.05, 0) is 38.0 Å². The second-order valence-corrected chi connectivity index (χ2v) is 4.49. The van der Waals surface area contributed by atoms with Crippen LogP contribution in [-0.2, 0) is 0 Å². The number of hydrogen-bond acceptors (Lipinski definition) is 2. The molecule has 0 heterocycles. The monoisotopic (exact) mass is 242 g/mol. The molecule has 1 aromatic carbocycles. The molecule has 0 aromatic heterocycles. The summed E-state index contributed by atoms with van der Waals surface area (Å²) in [6.07, 6.45) is 1.76. The van der Waals surface area contributed by atoms with Gasteiger partial charge in [0.15, 0.2) is 0 Å². The number of hydrogen-bond donors (Lipinski definition) is 1. The van der Waals surface area contributed by atoms with Crippen LogP contribution < -0.4 is 4.74 Å². The topological polar surface area (TPSA) is 29.5 Å². The van der Waals surface area contributed by atoms with Crippen molar-refractivity contribution in [2.45, 2.75) is 45.8 Å². The molecule has 2 nitrogen and oxygen atoms in total. The lowest BCUT2D eigenvalue weighted by molar-refractivity contribution is 0.197. The first-order valence-corrected chi connectivity index (χ1v) is 6.06. The van der Waals surface area contributed by atoms with Crippen LogP contribution in [0.3, 0.4) is 0 Å². The predicted molar refractivity (Wildman–Crippen MR) is 67.1 cm³/mol. The van der Waals surface area contributed by atoms with Crippen LogP contribution in [0.25, 0.3) is 0 Å². The van der Waals surface area contributed by atoms with E-state index in [0.29, 0.717) is 10.8 Å². The first-order valence-electron chi connectivity index (χ1n) is 5.68. The van der Waals surface area contributed by atoms with Gasteiger partial charge in [0.1, 0.15) is 5.75 Å². The maximum Gasteiger partial charge on any atom is 0.138 e. The number of rotatable bonds is 5. The van der Waals surface area contributed by atoms with Crippen LogP contribution in [0.4, 0.5) is 0 Å². The molecule has 1 rings (SSSR count). The third kappa shape index (κ3) is 3.69.